The third kappa shape index (κ3) is 6.10. The van der Waals surface area contributed by atoms with Gasteiger partial charge in [-0.25, -0.2) is 0 Å². The Morgan fingerprint density at radius 1 is 1.31 bits per heavy atom. The standard InChI is InChI=1S/C17H19F3N6O5S/c1-8(21)12(25-30)15(28)26-4-5-31-7-9(26)6-23-14(27)11-3-2-10(32-11)13(22)24-16(29)17(18,19)20/h2-3,9,21,30H,4-7H2,1H3,(H,23,27)(H2,22,24,29)/b21-8?,25-12+/t9-/m1/s1. The summed E-state index contributed by atoms with van der Waals surface area (Å²) in [5, 5.41) is 30.9. The Morgan fingerprint density at radius 3 is 2.56 bits per heavy atom. The Hall–Kier alpha value is -3.33. The van der Waals surface area contributed by atoms with Crippen molar-refractivity contribution >= 4 is 46.3 Å². The predicted molar refractivity (Wildman–Crippen MR) is 107 cm³/mol. The molecule has 0 unspecified atom stereocenters. The molecule has 174 valence electrons. The summed E-state index contributed by atoms with van der Waals surface area (Å²) >= 11 is 0.697. The first-order valence-electron chi connectivity index (χ1n) is 8.97. The number of morpholine rings is 1. The Bertz CT molecular complexity index is 961. The van der Waals surface area contributed by atoms with Crippen LogP contribution in [0.2, 0.25) is 0 Å². The van der Waals surface area contributed by atoms with Crippen LogP contribution in [-0.2, 0) is 14.3 Å². The van der Waals surface area contributed by atoms with Crippen molar-refractivity contribution in [2.75, 3.05) is 26.3 Å². The number of nitrogens with one attached hydrogen (secondary N) is 4. The molecule has 5 N–H and O–H groups in total. The lowest BCUT2D eigenvalue weighted by molar-refractivity contribution is -0.171. The molecule has 15 heteroatoms. The van der Waals surface area contributed by atoms with Crippen LogP contribution in [0.5, 0.6) is 0 Å². The van der Waals surface area contributed by atoms with Crippen LogP contribution in [0.25, 0.3) is 0 Å². The molecule has 0 radical (unpaired) electrons. The van der Waals surface area contributed by atoms with Gasteiger partial charge in [0.05, 0.1) is 34.7 Å². The van der Waals surface area contributed by atoms with Gasteiger partial charge in [-0.3, -0.25) is 19.8 Å². The number of carbonyl (C=O) groups excluding carboxylic acids is 3. The van der Waals surface area contributed by atoms with Crippen LogP contribution in [0, 0.1) is 10.8 Å². The quantitative estimate of drug-likeness (QED) is 0.175. The van der Waals surface area contributed by atoms with Crippen molar-refractivity contribution in [2.45, 2.75) is 19.1 Å². The normalized spacial score (nSPS) is 16.9. The summed E-state index contributed by atoms with van der Waals surface area (Å²) in [6, 6.07) is 1.87. The van der Waals surface area contributed by atoms with E-state index in [4.69, 9.17) is 20.8 Å². The van der Waals surface area contributed by atoms with Crippen molar-refractivity contribution in [3.8, 4) is 0 Å². The summed E-state index contributed by atoms with van der Waals surface area (Å²) in [5.74, 6) is -4.41. The largest absolute Gasteiger partial charge is 0.471 e. The fourth-order valence-electron chi connectivity index (χ4n) is 2.64. The number of amidine groups is 1. The molecule has 11 nitrogen and oxygen atoms in total. The van der Waals surface area contributed by atoms with E-state index in [1.165, 1.54) is 29.3 Å². The Kier molecular flexibility index (Phi) is 8.04. The number of ether oxygens (including phenoxy) is 1. The third-order valence-corrected chi connectivity index (χ3v) is 5.32. The highest BCUT2D eigenvalue weighted by atomic mass is 32.1. The second kappa shape index (κ2) is 10.3. The number of oxime groups is 1. The number of amides is 3. The molecule has 1 aromatic rings. The van der Waals surface area contributed by atoms with Crippen molar-refractivity contribution in [2.24, 2.45) is 5.16 Å². The van der Waals surface area contributed by atoms with Gasteiger partial charge in [-0.2, -0.15) is 13.2 Å². The van der Waals surface area contributed by atoms with Crippen LogP contribution in [0.3, 0.4) is 0 Å². The minimum atomic E-state index is -5.15. The second-order valence-electron chi connectivity index (χ2n) is 6.50. The average molecular weight is 476 g/mol. The topological polar surface area (TPSA) is 168 Å². The highest BCUT2D eigenvalue weighted by molar-refractivity contribution is 7.16. The summed E-state index contributed by atoms with van der Waals surface area (Å²) in [5.41, 5.74) is -0.677. The van der Waals surface area contributed by atoms with E-state index >= 15 is 0 Å². The van der Waals surface area contributed by atoms with Crippen molar-refractivity contribution in [3.05, 3.63) is 21.9 Å². The fourth-order valence-corrected chi connectivity index (χ4v) is 3.47. The molecule has 2 heterocycles. The summed E-state index contributed by atoms with van der Waals surface area (Å²) in [4.78, 5) is 37.2. The molecule has 1 aromatic heterocycles. The predicted octanol–water partition coefficient (Wildman–Crippen LogP) is 0.579. The van der Waals surface area contributed by atoms with Crippen molar-refractivity contribution < 1.29 is 37.5 Å². The second-order valence-corrected chi connectivity index (χ2v) is 7.59. The first kappa shape index (κ1) is 24.9. The lowest BCUT2D eigenvalue weighted by Gasteiger charge is -2.35. The highest BCUT2D eigenvalue weighted by Crippen LogP contribution is 2.19. The summed E-state index contributed by atoms with van der Waals surface area (Å²) in [7, 11) is 0. The minimum Gasteiger partial charge on any atom is -0.410 e. The molecule has 0 saturated carbocycles. The summed E-state index contributed by atoms with van der Waals surface area (Å²) in [6.07, 6.45) is -5.15. The number of carbonyl (C=O) groups is 3. The molecule has 1 aliphatic rings. The molecule has 0 spiro atoms. The summed E-state index contributed by atoms with van der Waals surface area (Å²) in [6.45, 7) is 1.66. The molecule has 0 bridgehead atoms. The van der Waals surface area contributed by atoms with Crippen LogP contribution < -0.4 is 10.6 Å². The molecular formula is C17H19F3N6O5S. The van der Waals surface area contributed by atoms with E-state index in [0.29, 0.717) is 11.3 Å². The number of thiophene rings is 1. The van der Waals surface area contributed by atoms with E-state index < -0.39 is 41.5 Å². The molecule has 0 aliphatic carbocycles. The van der Waals surface area contributed by atoms with Gasteiger partial charge in [0.1, 0.15) is 5.84 Å². The Labute approximate surface area is 183 Å². The zero-order valence-electron chi connectivity index (χ0n) is 16.6. The van der Waals surface area contributed by atoms with Gasteiger partial charge in [-0.15, -0.1) is 11.3 Å². The van der Waals surface area contributed by atoms with E-state index in [-0.39, 0.29) is 41.8 Å². The lowest BCUT2D eigenvalue weighted by Crippen LogP contribution is -2.55. The van der Waals surface area contributed by atoms with Gasteiger partial charge in [-0.05, 0) is 19.1 Å². The molecule has 32 heavy (non-hydrogen) atoms. The number of hydrogen-bond donors (Lipinski definition) is 5. The van der Waals surface area contributed by atoms with E-state index in [1.807, 2.05) is 0 Å². The van der Waals surface area contributed by atoms with Gasteiger partial charge >= 0.3 is 12.1 Å². The van der Waals surface area contributed by atoms with Crippen molar-refractivity contribution in [1.82, 2.24) is 15.5 Å². The van der Waals surface area contributed by atoms with E-state index in [0.717, 1.165) is 0 Å². The number of halogens is 3. The van der Waals surface area contributed by atoms with Gasteiger partial charge < -0.3 is 30.9 Å². The van der Waals surface area contributed by atoms with E-state index in [1.54, 1.807) is 0 Å². The van der Waals surface area contributed by atoms with Gasteiger partial charge in [0.25, 0.3) is 11.8 Å². The Balaban J connectivity index is 2.01. The Morgan fingerprint density at radius 2 is 1.97 bits per heavy atom. The van der Waals surface area contributed by atoms with Gasteiger partial charge in [0.15, 0.2) is 5.71 Å². The monoisotopic (exact) mass is 476 g/mol. The molecule has 1 fully saturated rings. The first-order valence-corrected chi connectivity index (χ1v) is 9.78. The maximum atomic E-state index is 12.5. The van der Waals surface area contributed by atoms with Gasteiger partial charge in [0.2, 0.25) is 0 Å². The number of rotatable bonds is 6. The number of alkyl halides is 3. The average Bonchev–Trinajstić information content (AvgIpc) is 3.22. The smallest absolute Gasteiger partial charge is 0.410 e. The zero-order chi connectivity index (χ0) is 24.1. The number of nitrogens with zero attached hydrogens (tertiary/aromatic N) is 2. The maximum Gasteiger partial charge on any atom is 0.471 e. The molecule has 0 aromatic carbocycles. The number of hydrogen-bond acceptors (Lipinski definition) is 9. The van der Waals surface area contributed by atoms with Crippen LogP contribution in [0.15, 0.2) is 17.3 Å². The molecule has 1 aliphatic heterocycles. The summed E-state index contributed by atoms with van der Waals surface area (Å²) < 4.78 is 42.2. The highest BCUT2D eigenvalue weighted by Gasteiger charge is 2.39. The van der Waals surface area contributed by atoms with Crippen LogP contribution in [0.1, 0.15) is 21.5 Å². The van der Waals surface area contributed by atoms with Crippen molar-refractivity contribution in [1.29, 1.82) is 10.8 Å². The van der Waals surface area contributed by atoms with E-state index in [2.05, 4.69) is 10.5 Å². The van der Waals surface area contributed by atoms with Crippen LogP contribution >= 0.6 is 11.3 Å². The van der Waals surface area contributed by atoms with Gasteiger partial charge in [0, 0.05) is 13.1 Å². The minimum absolute atomic E-state index is 0.0594. The van der Waals surface area contributed by atoms with Crippen LogP contribution in [0.4, 0.5) is 13.2 Å². The van der Waals surface area contributed by atoms with Crippen molar-refractivity contribution in [3.63, 3.8) is 0 Å². The van der Waals surface area contributed by atoms with Crippen LogP contribution in [-0.4, -0.2) is 83.6 Å². The van der Waals surface area contributed by atoms with E-state index in [9.17, 15) is 27.6 Å². The molecule has 1 saturated heterocycles. The third-order valence-electron chi connectivity index (χ3n) is 4.22. The zero-order valence-corrected chi connectivity index (χ0v) is 17.4. The molecular weight excluding hydrogens is 457 g/mol. The first-order chi connectivity index (χ1) is 15.0. The molecule has 3 amide bonds. The lowest BCUT2D eigenvalue weighted by atomic mass is 10.1. The molecule has 1 atom stereocenters. The SMILES string of the molecule is CC(=N)/C(=N\O)C(=O)N1CCOC[C@H]1CNC(=O)c1ccc(C(=N)NC(=O)C(F)(F)F)s1. The van der Waals surface area contributed by atoms with Gasteiger partial charge in [-0.1, -0.05) is 5.16 Å². The molecule has 2 rings (SSSR count). The fraction of sp³-hybridized carbons (Fsp3) is 0.412. The maximum absolute atomic E-state index is 12.5.